The van der Waals surface area contributed by atoms with Gasteiger partial charge in [0.15, 0.2) is 0 Å². The van der Waals surface area contributed by atoms with Gasteiger partial charge >= 0.3 is 5.97 Å². The van der Waals surface area contributed by atoms with Gasteiger partial charge in [0.25, 0.3) is 5.91 Å². The van der Waals surface area contributed by atoms with Crippen LogP contribution in [0.15, 0.2) is 72.9 Å². The molecule has 1 fully saturated rings. The number of aliphatic carboxylic acids is 1. The number of allylic oxidation sites excluding steroid dienone is 1. The van der Waals surface area contributed by atoms with Crippen molar-refractivity contribution in [1.82, 2.24) is 9.88 Å². The molecular formula is C31H35N3O4. The summed E-state index contributed by atoms with van der Waals surface area (Å²) in [5, 5.41) is 11.9. The van der Waals surface area contributed by atoms with Gasteiger partial charge in [-0.15, -0.1) is 0 Å². The largest absolute Gasteiger partial charge is 0.480 e. The molecule has 4 rings (SSSR count). The quantitative estimate of drug-likeness (QED) is 0.361. The van der Waals surface area contributed by atoms with Gasteiger partial charge in [0.05, 0.1) is 5.69 Å². The molecule has 0 unspecified atom stereocenters. The van der Waals surface area contributed by atoms with Crippen LogP contribution in [0.5, 0.6) is 0 Å². The molecule has 0 aliphatic carbocycles. The Morgan fingerprint density at radius 1 is 0.947 bits per heavy atom. The molecule has 0 bridgehead atoms. The highest BCUT2D eigenvalue weighted by Crippen LogP contribution is 2.21. The first kappa shape index (κ1) is 26.9. The lowest BCUT2D eigenvalue weighted by molar-refractivity contribution is -0.140. The molecule has 7 heteroatoms. The van der Waals surface area contributed by atoms with E-state index in [-0.39, 0.29) is 11.7 Å². The highest BCUT2D eigenvalue weighted by Gasteiger charge is 2.24. The number of rotatable bonds is 10. The number of amides is 1. The van der Waals surface area contributed by atoms with Crippen LogP contribution in [0.1, 0.15) is 65.1 Å². The SMILES string of the molecule is CC(C)[C@H](NC(=O)c1cccc(/C=C/Cn2cccc2C(=O)c2ccc(N3CCCCC3)cc2)c1)C(=O)O. The van der Waals surface area contributed by atoms with E-state index in [9.17, 15) is 19.5 Å². The van der Waals surface area contributed by atoms with Gasteiger partial charge in [-0.05, 0) is 79.3 Å². The second kappa shape index (κ2) is 12.4. The standard InChI is InChI=1S/C31H35N3O4/c1-22(2)28(31(37)38)32-30(36)25-11-6-9-23(21-25)10-7-19-34-20-8-12-27(34)29(35)24-13-15-26(16-14-24)33-17-4-3-5-18-33/h6-16,20-22,28H,3-5,17-19H2,1-2H3,(H,32,36)(H,37,38)/b10-7+/t28-/m0/s1. The lowest BCUT2D eigenvalue weighted by Gasteiger charge is -2.28. The minimum Gasteiger partial charge on any atom is -0.480 e. The van der Waals surface area contributed by atoms with Crippen molar-refractivity contribution in [2.45, 2.75) is 45.7 Å². The Kier molecular flexibility index (Phi) is 8.79. The van der Waals surface area contributed by atoms with Crippen LogP contribution in [0.3, 0.4) is 0 Å². The molecule has 2 N–H and O–H groups in total. The van der Waals surface area contributed by atoms with Crippen molar-refractivity contribution in [2.75, 3.05) is 18.0 Å². The summed E-state index contributed by atoms with van der Waals surface area (Å²) >= 11 is 0. The zero-order chi connectivity index (χ0) is 27.1. The predicted molar refractivity (Wildman–Crippen MR) is 150 cm³/mol. The number of aromatic nitrogens is 1. The molecule has 3 aromatic rings. The summed E-state index contributed by atoms with van der Waals surface area (Å²) in [6.07, 6.45) is 9.40. The maximum absolute atomic E-state index is 13.2. The molecule has 0 saturated carbocycles. The zero-order valence-corrected chi connectivity index (χ0v) is 22.0. The Labute approximate surface area is 223 Å². The summed E-state index contributed by atoms with van der Waals surface area (Å²) in [5.74, 6) is -1.73. The van der Waals surface area contributed by atoms with Gasteiger partial charge in [0.1, 0.15) is 6.04 Å². The van der Waals surface area contributed by atoms with Gasteiger partial charge in [0, 0.05) is 42.6 Å². The van der Waals surface area contributed by atoms with Crippen LogP contribution in [-0.2, 0) is 11.3 Å². The summed E-state index contributed by atoms with van der Waals surface area (Å²) in [4.78, 5) is 39.6. The first-order valence-corrected chi connectivity index (χ1v) is 13.2. The topological polar surface area (TPSA) is 91.6 Å². The van der Waals surface area contributed by atoms with E-state index in [2.05, 4.69) is 10.2 Å². The molecular weight excluding hydrogens is 478 g/mol. The molecule has 1 aromatic heterocycles. The fourth-order valence-corrected chi connectivity index (χ4v) is 4.73. The van der Waals surface area contributed by atoms with Crippen LogP contribution in [0, 0.1) is 5.92 Å². The minimum atomic E-state index is -1.06. The molecule has 1 aliphatic heterocycles. The first-order valence-electron chi connectivity index (χ1n) is 13.2. The third-order valence-corrected chi connectivity index (χ3v) is 6.89. The van der Waals surface area contributed by atoms with E-state index in [4.69, 9.17) is 0 Å². The van der Waals surface area contributed by atoms with E-state index in [1.165, 1.54) is 19.3 Å². The summed E-state index contributed by atoms with van der Waals surface area (Å²) in [6, 6.07) is 17.6. The Bertz CT molecular complexity index is 1300. The van der Waals surface area contributed by atoms with E-state index < -0.39 is 17.9 Å². The number of hydrogen-bond acceptors (Lipinski definition) is 4. The molecule has 198 valence electrons. The first-order chi connectivity index (χ1) is 18.3. The van der Waals surface area contributed by atoms with Crippen molar-refractivity contribution in [2.24, 2.45) is 5.92 Å². The lowest BCUT2D eigenvalue weighted by atomic mass is 10.0. The van der Waals surface area contributed by atoms with Gasteiger partial charge < -0.3 is 19.9 Å². The van der Waals surface area contributed by atoms with Gasteiger partial charge in [0.2, 0.25) is 5.78 Å². The Balaban J connectivity index is 1.40. The normalized spacial score (nSPS) is 14.6. The number of ketones is 1. The maximum Gasteiger partial charge on any atom is 0.326 e. The van der Waals surface area contributed by atoms with Crippen molar-refractivity contribution < 1.29 is 19.5 Å². The Morgan fingerprint density at radius 3 is 2.37 bits per heavy atom. The summed E-state index contributed by atoms with van der Waals surface area (Å²) < 4.78 is 1.90. The number of carbonyl (C=O) groups is 3. The predicted octanol–water partition coefficient (Wildman–Crippen LogP) is 5.26. The highest BCUT2D eigenvalue weighted by atomic mass is 16.4. The van der Waals surface area contributed by atoms with Crippen molar-refractivity contribution >= 4 is 29.4 Å². The van der Waals surface area contributed by atoms with Gasteiger partial charge in [-0.3, -0.25) is 9.59 Å². The third kappa shape index (κ3) is 6.59. The number of nitrogens with one attached hydrogen (secondary N) is 1. The van der Waals surface area contributed by atoms with E-state index >= 15 is 0 Å². The molecule has 2 heterocycles. The highest BCUT2D eigenvalue weighted by molar-refractivity contribution is 6.08. The van der Waals surface area contributed by atoms with Crippen LogP contribution in [0.25, 0.3) is 6.08 Å². The molecule has 0 spiro atoms. The maximum atomic E-state index is 13.2. The number of carboxylic acid groups (broad SMARTS) is 1. The molecule has 1 saturated heterocycles. The van der Waals surface area contributed by atoms with E-state index in [1.54, 1.807) is 32.0 Å². The van der Waals surface area contributed by atoms with E-state index in [0.717, 1.165) is 24.3 Å². The van der Waals surface area contributed by atoms with Crippen LogP contribution in [0.4, 0.5) is 5.69 Å². The van der Waals surface area contributed by atoms with E-state index in [1.807, 2.05) is 65.4 Å². The number of hydrogen-bond donors (Lipinski definition) is 2. The monoisotopic (exact) mass is 513 g/mol. The lowest BCUT2D eigenvalue weighted by Crippen LogP contribution is -2.44. The number of piperidine rings is 1. The molecule has 2 aromatic carbocycles. The van der Waals surface area contributed by atoms with Crippen molar-refractivity contribution in [3.63, 3.8) is 0 Å². The van der Waals surface area contributed by atoms with Crippen molar-refractivity contribution in [3.8, 4) is 0 Å². The molecule has 1 aliphatic rings. The molecule has 1 amide bonds. The van der Waals surface area contributed by atoms with Crippen LogP contribution < -0.4 is 10.2 Å². The minimum absolute atomic E-state index is 0.0228. The summed E-state index contributed by atoms with van der Waals surface area (Å²) in [5.41, 5.74) is 3.64. The summed E-state index contributed by atoms with van der Waals surface area (Å²) in [6.45, 7) is 6.13. The van der Waals surface area contributed by atoms with Crippen molar-refractivity contribution in [3.05, 3.63) is 95.3 Å². The number of carbonyl (C=O) groups excluding carboxylic acids is 2. The fourth-order valence-electron chi connectivity index (χ4n) is 4.73. The molecule has 7 nitrogen and oxygen atoms in total. The van der Waals surface area contributed by atoms with Gasteiger partial charge in [-0.2, -0.15) is 0 Å². The Hall–Kier alpha value is -4.13. The number of nitrogens with zero attached hydrogens (tertiary/aromatic N) is 2. The zero-order valence-electron chi connectivity index (χ0n) is 22.0. The second-order valence-electron chi connectivity index (χ2n) is 10.0. The smallest absolute Gasteiger partial charge is 0.326 e. The van der Waals surface area contributed by atoms with Crippen LogP contribution in [-0.4, -0.2) is 46.5 Å². The number of carboxylic acids is 1. The summed E-state index contributed by atoms with van der Waals surface area (Å²) in [7, 11) is 0. The molecule has 38 heavy (non-hydrogen) atoms. The van der Waals surface area contributed by atoms with Crippen molar-refractivity contribution in [1.29, 1.82) is 0 Å². The van der Waals surface area contributed by atoms with Crippen LogP contribution in [0.2, 0.25) is 0 Å². The number of benzene rings is 2. The van der Waals surface area contributed by atoms with Gasteiger partial charge in [-0.1, -0.05) is 38.1 Å². The second-order valence-corrected chi connectivity index (χ2v) is 10.0. The third-order valence-electron chi connectivity index (χ3n) is 6.89. The van der Waals surface area contributed by atoms with Gasteiger partial charge in [-0.25, -0.2) is 4.79 Å². The number of anilines is 1. The molecule has 0 radical (unpaired) electrons. The Morgan fingerprint density at radius 2 is 1.68 bits per heavy atom. The average molecular weight is 514 g/mol. The average Bonchev–Trinajstić information content (AvgIpc) is 3.40. The van der Waals surface area contributed by atoms with E-state index in [0.29, 0.717) is 23.4 Å². The fraction of sp³-hybridized carbons (Fsp3) is 0.323. The van der Waals surface area contributed by atoms with Crippen LogP contribution >= 0.6 is 0 Å². The molecule has 1 atom stereocenters.